The molecule has 108 valence electrons. The fourth-order valence-electron chi connectivity index (χ4n) is 2.78. The number of carbonyl (C=O) groups excluding carboxylic acids is 1. The second kappa shape index (κ2) is 5.71. The first-order valence-electron chi connectivity index (χ1n) is 7.14. The lowest BCUT2D eigenvalue weighted by molar-refractivity contribution is -0.121. The molecule has 5 nitrogen and oxygen atoms in total. The van der Waals surface area contributed by atoms with E-state index in [4.69, 9.17) is 15.2 Å². The first-order chi connectivity index (χ1) is 9.70. The number of nitrogens with two attached hydrogens (primary N) is 1. The zero-order valence-electron chi connectivity index (χ0n) is 11.4. The van der Waals surface area contributed by atoms with E-state index >= 15 is 0 Å². The average Bonchev–Trinajstić information content (AvgIpc) is 2.89. The lowest BCUT2D eigenvalue weighted by Crippen LogP contribution is -2.41. The third-order valence-electron chi connectivity index (χ3n) is 3.94. The van der Waals surface area contributed by atoms with E-state index in [1.165, 1.54) is 0 Å². The molecule has 0 unspecified atom stereocenters. The third kappa shape index (κ3) is 3.04. The van der Waals surface area contributed by atoms with Crippen molar-refractivity contribution in [2.24, 2.45) is 5.73 Å². The maximum Gasteiger partial charge on any atom is 0.231 e. The highest BCUT2D eigenvalue weighted by Crippen LogP contribution is 2.32. The van der Waals surface area contributed by atoms with Crippen LogP contribution in [0.3, 0.4) is 0 Å². The molecule has 3 rings (SSSR count). The molecule has 0 saturated heterocycles. The van der Waals surface area contributed by atoms with Crippen molar-refractivity contribution in [2.45, 2.75) is 44.2 Å². The van der Waals surface area contributed by atoms with Gasteiger partial charge in [0.1, 0.15) is 0 Å². The molecule has 0 spiro atoms. The van der Waals surface area contributed by atoms with E-state index in [9.17, 15) is 4.79 Å². The van der Waals surface area contributed by atoms with Crippen LogP contribution in [0.1, 0.15) is 31.2 Å². The first kappa shape index (κ1) is 13.2. The SMILES string of the molecule is NC1CCC(NC(=O)Cc2ccc3c(c2)OCO3)CC1. The van der Waals surface area contributed by atoms with Gasteiger partial charge in [0.25, 0.3) is 0 Å². The number of amides is 1. The summed E-state index contributed by atoms with van der Waals surface area (Å²) in [6.45, 7) is 0.257. The molecule has 1 heterocycles. The minimum atomic E-state index is 0.0596. The zero-order valence-corrected chi connectivity index (χ0v) is 11.4. The molecule has 5 heteroatoms. The van der Waals surface area contributed by atoms with Gasteiger partial charge in [0.2, 0.25) is 12.7 Å². The summed E-state index contributed by atoms with van der Waals surface area (Å²) in [6, 6.07) is 6.21. The topological polar surface area (TPSA) is 73.6 Å². The highest BCUT2D eigenvalue weighted by molar-refractivity contribution is 5.79. The largest absolute Gasteiger partial charge is 0.454 e. The molecule has 3 N–H and O–H groups in total. The number of hydrogen-bond acceptors (Lipinski definition) is 4. The lowest BCUT2D eigenvalue weighted by Gasteiger charge is -2.26. The minimum absolute atomic E-state index is 0.0596. The molecule has 1 saturated carbocycles. The molecular formula is C15H20N2O3. The van der Waals surface area contributed by atoms with Gasteiger partial charge in [-0.15, -0.1) is 0 Å². The van der Waals surface area contributed by atoms with Gasteiger partial charge in [-0.3, -0.25) is 4.79 Å². The number of carbonyl (C=O) groups is 1. The molecule has 0 bridgehead atoms. The highest BCUT2D eigenvalue weighted by Gasteiger charge is 2.20. The Balaban J connectivity index is 1.54. The fraction of sp³-hybridized carbons (Fsp3) is 0.533. The van der Waals surface area contributed by atoms with Crippen LogP contribution in [-0.4, -0.2) is 24.8 Å². The Kier molecular flexibility index (Phi) is 3.78. The van der Waals surface area contributed by atoms with Gasteiger partial charge in [0.15, 0.2) is 11.5 Å². The quantitative estimate of drug-likeness (QED) is 0.874. The predicted octanol–water partition coefficient (Wildman–Crippen LogP) is 1.34. The average molecular weight is 276 g/mol. The Hall–Kier alpha value is -1.75. The summed E-state index contributed by atoms with van der Waals surface area (Å²) in [4.78, 5) is 12.0. The molecule has 1 aliphatic heterocycles. The van der Waals surface area contributed by atoms with Gasteiger partial charge in [-0.25, -0.2) is 0 Å². The molecule has 0 radical (unpaired) electrons. The molecule has 0 atom stereocenters. The summed E-state index contributed by atoms with van der Waals surface area (Å²) in [5.74, 6) is 1.53. The summed E-state index contributed by atoms with van der Waals surface area (Å²) in [7, 11) is 0. The van der Waals surface area contributed by atoms with Crippen molar-refractivity contribution in [1.82, 2.24) is 5.32 Å². The normalized spacial score (nSPS) is 24.4. The van der Waals surface area contributed by atoms with E-state index in [-0.39, 0.29) is 18.7 Å². The summed E-state index contributed by atoms with van der Waals surface area (Å²) in [5.41, 5.74) is 6.81. The van der Waals surface area contributed by atoms with Gasteiger partial charge >= 0.3 is 0 Å². The first-order valence-corrected chi connectivity index (χ1v) is 7.14. The Bertz CT molecular complexity index is 496. The van der Waals surface area contributed by atoms with Gasteiger partial charge in [-0.2, -0.15) is 0 Å². The van der Waals surface area contributed by atoms with Gasteiger partial charge in [0, 0.05) is 12.1 Å². The number of fused-ring (bicyclic) bond motifs is 1. The number of rotatable bonds is 3. The van der Waals surface area contributed by atoms with E-state index in [1.54, 1.807) is 0 Å². The molecule has 1 amide bonds. The maximum absolute atomic E-state index is 12.0. The van der Waals surface area contributed by atoms with Crippen molar-refractivity contribution in [2.75, 3.05) is 6.79 Å². The molecule has 1 aromatic rings. The second-order valence-corrected chi connectivity index (χ2v) is 5.54. The number of ether oxygens (including phenoxy) is 2. The van der Waals surface area contributed by atoms with Crippen molar-refractivity contribution in [3.8, 4) is 11.5 Å². The fourth-order valence-corrected chi connectivity index (χ4v) is 2.78. The molecule has 2 aliphatic rings. The van der Waals surface area contributed by atoms with Crippen LogP contribution in [0.2, 0.25) is 0 Å². The van der Waals surface area contributed by atoms with Gasteiger partial charge < -0.3 is 20.5 Å². The smallest absolute Gasteiger partial charge is 0.231 e. The summed E-state index contributed by atoms with van der Waals surface area (Å²) >= 11 is 0. The molecule has 1 aliphatic carbocycles. The Morgan fingerprint density at radius 1 is 1.20 bits per heavy atom. The number of hydrogen-bond donors (Lipinski definition) is 2. The zero-order chi connectivity index (χ0) is 13.9. The van der Waals surface area contributed by atoms with Crippen LogP contribution in [0.15, 0.2) is 18.2 Å². The van der Waals surface area contributed by atoms with Crippen LogP contribution >= 0.6 is 0 Å². The molecule has 1 aromatic carbocycles. The molecule has 20 heavy (non-hydrogen) atoms. The Labute approximate surface area is 118 Å². The van der Waals surface area contributed by atoms with E-state index in [0.29, 0.717) is 12.5 Å². The number of benzene rings is 1. The summed E-state index contributed by atoms with van der Waals surface area (Å²) < 4.78 is 10.6. The van der Waals surface area contributed by atoms with Crippen LogP contribution < -0.4 is 20.5 Å². The third-order valence-corrected chi connectivity index (χ3v) is 3.94. The second-order valence-electron chi connectivity index (χ2n) is 5.54. The van der Waals surface area contributed by atoms with Crippen molar-refractivity contribution in [3.05, 3.63) is 23.8 Å². The Morgan fingerprint density at radius 3 is 2.75 bits per heavy atom. The van der Waals surface area contributed by atoms with Crippen molar-refractivity contribution < 1.29 is 14.3 Å². The lowest BCUT2D eigenvalue weighted by atomic mass is 9.91. The van der Waals surface area contributed by atoms with Crippen molar-refractivity contribution >= 4 is 5.91 Å². The molecular weight excluding hydrogens is 256 g/mol. The van der Waals surface area contributed by atoms with Gasteiger partial charge in [-0.05, 0) is 43.4 Å². The van der Waals surface area contributed by atoms with Crippen molar-refractivity contribution in [3.63, 3.8) is 0 Å². The van der Waals surface area contributed by atoms with Crippen LogP contribution in [0.5, 0.6) is 11.5 Å². The summed E-state index contributed by atoms with van der Waals surface area (Å²) in [5, 5.41) is 3.09. The van der Waals surface area contributed by atoms with E-state index in [0.717, 1.165) is 42.7 Å². The van der Waals surface area contributed by atoms with E-state index in [2.05, 4.69) is 5.32 Å². The Morgan fingerprint density at radius 2 is 1.95 bits per heavy atom. The van der Waals surface area contributed by atoms with Crippen LogP contribution in [0.25, 0.3) is 0 Å². The predicted molar refractivity (Wildman–Crippen MR) is 74.6 cm³/mol. The van der Waals surface area contributed by atoms with E-state index < -0.39 is 0 Å². The van der Waals surface area contributed by atoms with Crippen LogP contribution in [0, 0.1) is 0 Å². The summed E-state index contributed by atoms with van der Waals surface area (Å²) in [6.07, 6.45) is 4.32. The standard InChI is InChI=1S/C15H20N2O3/c16-11-2-4-12(5-3-11)17-15(18)8-10-1-6-13-14(7-10)20-9-19-13/h1,6-7,11-12H,2-5,8-9,16H2,(H,17,18). The number of nitrogens with one attached hydrogen (secondary N) is 1. The van der Waals surface area contributed by atoms with E-state index in [1.807, 2.05) is 18.2 Å². The minimum Gasteiger partial charge on any atom is -0.454 e. The van der Waals surface area contributed by atoms with Crippen molar-refractivity contribution in [1.29, 1.82) is 0 Å². The maximum atomic E-state index is 12.0. The molecule has 0 aromatic heterocycles. The monoisotopic (exact) mass is 276 g/mol. The van der Waals surface area contributed by atoms with Gasteiger partial charge in [0.05, 0.1) is 6.42 Å². The van der Waals surface area contributed by atoms with Gasteiger partial charge in [-0.1, -0.05) is 6.07 Å². The van der Waals surface area contributed by atoms with Crippen LogP contribution in [-0.2, 0) is 11.2 Å². The van der Waals surface area contributed by atoms with Crippen LogP contribution in [0.4, 0.5) is 0 Å². The highest BCUT2D eigenvalue weighted by atomic mass is 16.7. The molecule has 1 fully saturated rings.